The zero-order valence-corrected chi connectivity index (χ0v) is 12.1. The second-order valence-electron chi connectivity index (χ2n) is 4.11. The Morgan fingerprint density at radius 1 is 1.47 bits per heavy atom. The molecule has 3 nitrogen and oxygen atoms in total. The second-order valence-corrected chi connectivity index (χ2v) is 5.10. The summed E-state index contributed by atoms with van der Waals surface area (Å²) in [6.45, 7) is 2.40. The van der Waals surface area contributed by atoms with Gasteiger partial charge in [0.1, 0.15) is 6.61 Å². The molecule has 2 N–H and O–H groups in total. The van der Waals surface area contributed by atoms with Crippen LogP contribution in [0.5, 0.6) is 0 Å². The first-order valence-corrected chi connectivity index (χ1v) is 7.56. The fourth-order valence-corrected chi connectivity index (χ4v) is 2.04. The molecule has 0 bridgehead atoms. The molecule has 19 heavy (non-hydrogen) atoms. The Morgan fingerprint density at radius 3 is 2.95 bits per heavy atom. The highest BCUT2D eigenvalue weighted by Crippen LogP contribution is 2.11. The van der Waals surface area contributed by atoms with Crippen molar-refractivity contribution >= 4 is 17.7 Å². The van der Waals surface area contributed by atoms with E-state index in [9.17, 15) is 4.79 Å². The molecule has 0 aromatic heterocycles. The molecule has 0 spiro atoms. The number of aliphatic hydroxyl groups is 1. The van der Waals surface area contributed by atoms with E-state index in [2.05, 4.69) is 17.2 Å². The maximum Gasteiger partial charge on any atom is 0.252 e. The van der Waals surface area contributed by atoms with Gasteiger partial charge in [-0.3, -0.25) is 4.79 Å². The van der Waals surface area contributed by atoms with Crippen molar-refractivity contribution in [1.82, 2.24) is 5.32 Å². The summed E-state index contributed by atoms with van der Waals surface area (Å²) in [7, 11) is 0. The number of hydrogen-bond acceptors (Lipinski definition) is 3. The average molecular weight is 277 g/mol. The molecule has 1 amide bonds. The van der Waals surface area contributed by atoms with E-state index >= 15 is 0 Å². The van der Waals surface area contributed by atoms with E-state index in [4.69, 9.17) is 5.11 Å². The Hall–Kier alpha value is -1.44. The number of carbonyl (C=O) groups excluding carboxylic acids is 1. The highest BCUT2D eigenvalue weighted by atomic mass is 32.2. The van der Waals surface area contributed by atoms with E-state index < -0.39 is 0 Å². The minimum atomic E-state index is -0.206. The third-order valence-corrected chi connectivity index (χ3v) is 3.23. The number of aliphatic hydroxyl groups excluding tert-OH is 1. The molecule has 4 heteroatoms. The summed E-state index contributed by atoms with van der Waals surface area (Å²) in [6, 6.07) is 5.55. The molecule has 1 aromatic carbocycles. The third kappa shape index (κ3) is 5.37. The van der Waals surface area contributed by atoms with Gasteiger partial charge in [0.15, 0.2) is 0 Å². The SMILES string of the molecule is CSCCCNC(=O)c1cc(C)ccc1C#CCO. The standard InChI is InChI=1S/C15H19NO2S/c1-12-6-7-13(5-3-9-17)14(11-12)15(18)16-8-4-10-19-2/h6-7,11,17H,4,8-10H2,1-2H3,(H,16,18). The van der Waals surface area contributed by atoms with Crippen molar-refractivity contribution in [2.45, 2.75) is 13.3 Å². The second kappa shape index (κ2) is 8.63. The van der Waals surface area contributed by atoms with Crippen LogP contribution in [0.4, 0.5) is 0 Å². The first-order valence-electron chi connectivity index (χ1n) is 6.16. The van der Waals surface area contributed by atoms with Crippen LogP contribution in [-0.2, 0) is 0 Å². The molecular weight excluding hydrogens is 258 g/mol. The van der Waals surface area contributed by atoms with Gasteiger partial charge in [-0.2, -0.15) is 11.8 Å². The number of thioether (sulfide) groups is 1. The first-order chi connectivity index (χ1) is 9.19. The molecule has 0 unspecified atom stereocenters. The number of amides is 1. The molecule has 0 saturated carbocycles. The van der Waals surface area contributed by atoms with Crippen molar-refractivity contribution < 1.29 is 9.90 Å². The lowest BCUT2D eigenvalue weighted by Gasteiger charge is -2.07. The lowest BCUT2D eigenvalue weighted by Crippen LogP contribution is -2.25. The van der Waals surface area contributed by atoms with Crippen LogP contribution < -0.4 is 5.32 Å². The Labute approximate surface area is 118 Å². The van der Waals surface area contributed by atoms with E-state index in [0.717, 1.165) is 17.7 Å². The monoisotopic (exact) mass is 277 g/mol. The Morgan fingerprint density at radius 2 is 2.26 bits per heavy atom. The van der Waals surface area contributed by atoms with E-state index in [1.165, 1.54) is 0 Å². The molecule has 0 aliphatic carbocycles. The minimum absolute atomic E-state index is 0.105. The van der Waals surface area contributed by atoms with Crippen LogP contribution in [0.3, 0.4) is 0 Å². The predicted octanol–water partition coefficient (Wildman–Crippen LogP) is 1.82. The minimum Gasteiger partial charge on any atom is -0.384 e. The van der Waals surface area contributed by atoms with Crippen molar-refractivity contribution in [3.8, 4) is 11.8 Å². The van der Waals surface area contributed by atoms with Gasteiger partial charge < -0.3 is 10.4 Å². The number of hydrogen-bond donors (Lipinski definition) is 2. The number of carbonyl (C=O) groups is 1. The Balaban J connectivity index is 2.79. The summed E-state index contributed by atoms with van der Waals surface area (Å²) in [5.74, 6) is 6.31. The van der Waals surface area contributed by atoms with E-state index in [0.29, 0.717) is 17.7 Å². The van der Waals surface area contributed by atoms with Gasteiger partial charge in [-0.25, -0.2) is 0 Å². The fraction of sp³-hybridized carbons (Fsp3) is 0.400. The van der Waals surface area contributed by atoms with Crippen LogP contribution in [0.15, 0.2) is 18.2 Å². The maximum absolute atomic E-state index is 12.1. The molecule has 0 aliphatic rings. The van der Waals surface area contributed by atoms with Gasteiger partial charge in [0, 0.05) is 12.1 Å². The summed E-state index contributed by atoms with van der Waals surface area (Å²) >= 11 is 1.76. The topological polar surface area (TPSA) is 49.3 Å². The van der Waals surface area contributed by atoms with Gasteiger partial charge in [0.2, 0.25) is 0 Å². The normalized spacial score (nSPS) is 9.63. The van der Waals surface area contributed by atoms with Gasteiger partial charge >= 0.3 is 0 Å². The van der Waals surface area contributed by atoms with E-state index in [-0.39, 0.29) is 12.5 Å². The summed E-state index contributed by atoms with van der Waals surface area (Å²) in [5.41, 5.74) is 2.25. The smallest absolute Gasteiger partial charge is 0.252 e. The van der Waals surface area contributed by atoms with Crippen LogP contribution in [0.2, 0.25) is 0 Å². The van der Waals surface area contributed by atoms with Gasteiger partial charge in [-0.1, -0.05) is 23.5 Å². The summed E-state index contributed by atoms with van der Waals surface area (Å²) < 4.78 is 0. The van der Waals surface area contributed by atoms with Crippen LogP contribution in [-0.4, -0.2) is 36.2 Å². The molecule has 1 aromatic rings. The molecule has 0 aliphatic heterocycles. The molecule has 0 radical (unpaired) electrons. The average Bonchev–Trinajstić information content (AvgIpc) is 2.42. The molecule has 102 valence electrons. The van der Waals surface area contributed by atoms with Gasteiger partial charge in [-0.15, -0.1) is 0 Å². The third-order valence-electron chi connectivity index (χ3n) is 2.53. The van der Waals surface area contributed by atoms with Crippen molar-refractivity contribution in [2.24, 2.45) is 0 Å². The highest BCUT2D eigenvalue weighted by Gasteiger charge is 2.09. The van der Waals surface area contributed by atoms with Crippen LogP contribution >= 0.6 is 11.8 Å². The number of rotatable bonds is 5. The summed E-state index contributed by atoms with van der Waals surface area (Å²) in [4.78, 5) is 12.1. The van der Waals surface area contributed by atoms with Gasteiger partial charge in [-0.05, 0) is 37.5 Å². The maximum atomic E-state index is 12.1. The Kier molecular flexibility index (Phi) is 7.09. The largest absolute Gasteiger partial charge is 0.384 e. The summed E-state index contributed by atoms with van der Waals surface area (Å²) in [5, 5.41) is 11.6. The highest BCUT2D eigenvalue weighted by molar-refractivity contribution is 7.98. The van der Waals surface area contributed by atoms with Crippen LogP contribution in [0.25, 0.3) is 0 Å². The first kappa shape index (κ1) is 15.6. The quantitative estimate of drug-likeness (QED) is 0.637. The van der Waals surface area contributed by atoms with Crippen LogP contribution in [0.1, 0.15) is 27.9 Å². The van der Waals surface area contributed by atoms with Crippen LogP contribution in [0, 0.1) is 18.8 Å². The molecule has 0 saturated heterocycles. The molecule has 0 heterocycles. The zero-order valence-electron chi connectivity index (χ0n) is 11.3. The lowest BCUT2D eigenvalue weighted by molar-refractivity contribution is 0.0953. The van der Waals surface area contributed by atoms with E-state index in [1.807, 2.05) is 31.4 Å². The zero-order chi connectivity index (χ0) is 14.1. The fourth-order valence-electron chi connectivity index (χ4n) is 1.60. The van der Waals surface area contributed by atoms with Crippen molar-refractivity contribution in [3.05, 3.63) is 34.9 Å². The number of nitrogens with one attached hydrogen (secondary N) is 1. The predicted molar refractivity (Wildman–Crippen MR) is 80.5 cm³/mol. The molecule has 1 rings (SSSR count). The van der Waals surface area contributed by atoms with Crippen molar-refractivity contribution in [2.75, 3.05) is 25.2 Å². The van der Waals surface area contributed by atoms with Gasteiger partial charge in [0.25, 0.3) is 5.91 Å². The number of benzene rings is 1. The number of aryl methyl sites for hydroxylation is 1. The van der Waals surface area contributed by atoms with E-state index in [1.54, 1.807) is 11.8 Å². The Bertz CT molecular complexity index is 489. The molecule has 0 fully saturated rings. The van der Waals surface area contributed by atoms with Crippen molar-refractivity contribution in [3.63, 3.8) is 0 Å². The van der Waals surface area contributed by atoms with Crippen molar-refractivity contribution in [1.29, 1.82) is 0 Å². The summed E-state index contributed by atoms with van der Waals surface area (Å²) in [6.07, 6.45) is 3.00. The molecular formula is C15H19NO2S. The lowest BCUT2D eigenvalue weighted by atomic mass is 10.0. The molecule has 0 atom stereocenters. The van der Waals surface area contributed by atoms with Gasteiger partial charge in [0.05, 0.1) is 5.56 Å².